The van der Waals surface area contributed by atoms with Gasteiger partial charge in [0.05, 0.1) is 24.0 Å². The fraction of sp³-hybridized carbons (Fsp3) is 0.842. The Morgan fingerprint density at radius 2 is 1.67 bits per heavy atom. The van der Waals surface area contributed by atoms with Crippen LogP contribution in [-0.2, 0) is 19.1 Å². The molecule has 152 valence electrons. The van der Waals surface area contributed by atoms with Crippen molar-refractivity contribution in [2.24, 2.45) is 17.8 Å². The highest BCUT2D eigenvalue weighted by Crippen LogP contribution is 2.48. The Kier molecular flexibility index (Phi) is 6.43. The number of nitrogens with zero attached hydrogens (tertiary/aromatic N) is 2. The van der Waals surface area contributed by atoms with Crippen molar-refractivity contribution in [2.75, 3.05) is 33.2 Å². The molecule has 2 bridgehead atoms. The lowest BCUT2D eigenvalue weighted by Crippen LogP contribution is -2.42. The number of carbonyl (C=O) groups is 3. The van der Waals surface area contributed by atoms with Crippen LogP contribution in [-0.4, -0.2) is 73.0 Å². The minimum absolute atomic E-state index is 0. The Morgan fingerprint density at radius 3 is 2.22 bits per heavy atom. The third kappa shape index (κ3) is 3.74. The van der Waals surface area contributed by atoms with E-state index in [1.165, 1.54) is 4.90 Å². The summed E-state index contributed by atoms with van der Waals surface area (Å²) in [6, 6.07) is 0. The molecule has 1 N–H and O–H groups in total. The molecule has 4 aliphatic rings. The summed E-state index contributed by atoms with van der Waals surface area (Å²) in [5.41, 5.74) is 0. The number of hydrogen-bond acceptors (Lipinski definition) is 5. The second-order valence-electron chi connectivity index (χ2n) is 8.14. The molecule has 0 aliphatic carbocycles. The number of rotatable bonds is 6. The fourth-order valence-electron chi connectivity index (χ4n) is 5.18. The average molecular weight is 400 g/mol. The Bertz CT molecular complexity index is 566. The second kappa shape index (κ2) is 8.45. The van der Waals surface area contributed by atoms with Crippen LogP contribution in [0.2, 0.25) is 0 Å². The first kappa shape index (κ1) is 20.6. The molecule has 4 unspecified atom stereocenters. The van der Waals surface area contributed by atoms with Gasteiger partial charge in [-0.05, 0) is 51.6 Å². The molecule has 4 rings (SSSR count). The van der Waals surface area contributed by atoms with E-state index < -0.39 is 0 Å². The van der Waals surface area contributed by atoms with Crippen LogP contribution in [0.1, 0.15) is 38.5 Å². The Balaban J connectivity index is 0.00000210. The lowest BCUT2D eigenvalue weighted by atomic mass is 9.81. The molecule has 0 aromatic rings. The van der Waals surface area contributed by atoms with Gasteiger partial charge in [0.15, 0.2) is 0 Å². The van der Waals surface area contributed by atoms with Crippen LogP contribution in [0.5, 0.6) is 0 Å². The molecule has 0 spiro atoms. The zero-order chi connectivity index (χ0) is 18.3. The highest BCUT2D eigenvalue weighted by Gasteiger charge is 2.62. The number of fused-ring (bicyclic) bond motifs is 5. The van der Waals surface area contributed by atoms with Gasteiger partial charge in [0.2, 0.25) is 17.7 Å². The van der Waals surface area contributed by atoms with Gasteiger partial charge in [-0.3, -0.25) is 19.3 Å². The Morgan fingerprint density at radius 1 is 1.07 bits per heavy atom. The van der Waals surface area contributed by atoms with Crippen molar-refractivity contribution in [2.45, 2.75) is 50.7 Å². The summed E-state index contributed by atoms with van der Waals surface area (Å²) in [4.78, 5) is 41.0. The number of hydrogen-bond donors (Lipinski definition) is 1. The summed E-state index contributed by atoms with van der Waals surface area (Å²) in [5, 5.41) is 3.18. The van der Waals surface area contributed by atoms with Crippen molar-refractivity contribution in [1.29, 1.82) is 0 Å². The van der Waals surface area contributed by atoms with E-state index in [-0.39, 0.29) is 67.1 Å². The summed E-state index contributed by atoms with van der Waals surface area (Å²) in [5.74, 6) is -0.0767. The van der Waals surface area contributed by atoms with Crippen LogP contribution in [0.4, 0.5) is 0 Å². The fourth-order valence-corrected chi connectivity index (χ4v) is 5.18. The topological polar surface area (TPSA) is 79.0 Å². The molecule has 0 saturated carbocycles. The minimum atomic E-state index is -0.292. The number of ether oxygens (including phenoxy) is 1. The van der Waals surface area contributed by atoms with Gasteiger partial charge in [-0.25, -0.2) is 0 Å². The smallest absolute Gasteiger partial charge is 0.235 e. The Hall–Kier alpha value is -1.18. The van der Waals surface area contributed by atoms with Crippen molar-refractivity contribution in [3.63, 3.8) is 0 Å². The van der Waals surface area contributed by atoms with Crippen molar-refractivity contribution in [1.82, 2.24) is 15.1 Å². The molecule has 0 aromatic heterocycles. The molecular formula is C19H30ClN3O4. The number of halogens is 1. The van der Waals surface area contributed by atoms with E-state index in [0.29, 0.717) is 5.92 Å². The number of likely N-dealkylation sites (tertiary alicyclic amines) is 2. The molecule has 0 aromatic carbocycles. The molecule has 0 radical (unpaired) electrons. The molecular weight excluding hydrogens is 370 g/mol. The van der Waals surface area contributed by atoms with Crippen molar-refractivity contribution >= 4 is 30.1 Å². The van der Waals surface area contributed by atoms with Crippen molar-refractivity contribution in [3.8, 4) is 0 Å². The third-order valence-corrected chi connectivity index (χ3v) is 6.69. The summed E-state index contributed by atoms with van der Waals surface area (Å²) < 4.78 is 5.74. The van der Waals surface area contributed by atoms with E-state index in [1.807, 2.05) is 11.9 Å². The first-order valence-electron chi connectivity index (χ1n) is 10.0. The lowest BCUT2D eigenvalue weighted by molar-refractivity contribution is -0.143. The number of piperidine rings is 1. The van der Waals surface area contributed by atoms with Gasteiger partial charge < -0.3 is 15.0 Å². The van der Waals surface area contributed by atoms with Crippen LogP contribution in [0.15, 0.2) is 0 Å². The summed E-state index contributed by atoms with van der Waals surface area (Å²) in [6.45, 7) is 2.82. The molecule has 4 saturated heterocycles. The standard InChI is InChI=1S/C19H29N3O4.ClH/c1-20-8-4-12-5-9-21(10-6-12)15(23)7-11-22-18(24)16-13-2-3-14(26-13)17(16)19(22)25;/h12-14,16-17,20H,2-11H2,1H3;1H. The average Bonchev–Trinajstić information content (AvgIpc) is 3.33. The molecule has 4 heterocycles. The van der Waals surface area contributed by atoms with E-state index in [1.54, 1.807) is 0 Å². The maximum atomic E-state index is 12.6. The Labute approximate surface area is 166 Å². The molecule has 27 heavy (non-hydrogen) atoms. The van der Waals surface area contributed by atoms with Gasteiger partial charge in [-0.1, -0.05) is 0 Å². The van der Waals surface area contributed by atoms with E-state index in [2.05, 4.69) is 5.32 Å². The van der Waals surface area contributed by atoms with Crippen LogP contribution >= 0.6 is 12.4 Å². The highest BCUT2D eigenvalue weighted by atomic mass is 35.5. The number of imide groups is 1. The van der Waals surface area contributed by atoms with Crippen molar-refractivity contribution in [3.05, 3.63) is 0 Å². The van der Waals surface area contributed by atoms with Crippen LogP contribution in [0, 0.1) is 17.8 Å². The number of nitrogens with one attached hydrogen (secondary N) is 1. The molecule has 4 fully saturated rings. The first-order chi connectivity index (χ1) is 12.6. The SMILES string of the molecule is CNCCC1CCN(C(=O)CCN2C(=O)C3C4CCC(O4)C3C2=O)CC1.Cl. The molecule has 7 nitrogen and oxygen atoms in total. The molecule has 4 aliphatic heterocycles. The van der Waals surface area contributed by atoms with Crippen LogP contribution < -0.4 is 5.32 Å². The van der Waals surface area contributed by atoms with E-state index in [0.717, 1.165) is 51.7 Å². The van der Waals surface area contributed by atoms with Crippen LogP contribution in [0.25, 0.3) is 0 Å². The molecule has 8 heteroatoms. The van der Waals surface area contributed by atoms with Gasteiger partial charge in [-0.2, -0.15) is 0 Å². The van der Waals surface area contributed by atoms with Gasteiger partial charge in [0, 0.05) is 26.1 Å². The number of amides is 3. The predicted octanol–water partition coefficient (Wildman–Crippen LogP) is 0.809. The van der Waals surface area contributed by atoms with Gasteiger partial charge in [-0.15, -0.1) is 12.4 Å². The van der Waals surface area contributed by atoms with Crippen LogP contribution in [0.3, 0.4) is 0 Å². The third-order valence-electron chi connectivity index (χ3n) is 6.69. The van der Waals surface area contributed by atoms with E-state index >= 15 is 0 Å². The highest BCUT2D eigenvalue weighted by molar-refractivity contribution is 6.06. The largest absolute Gasteiger partial charge is 0.373 e. The zero-order valence-electron chi connectivity index (χ0n) is 15.9. The summed E-state index contributed by atoms with van der Waals surface area (Å²) in [7, 11) is 1.96. The first-order valence-corrected chi connectivity index (χ1v) is 10.0. The monoisotopic (exact) mass is 399 g/mol. The summed E-state index contributed by atoms with van der Waals surface area (Å²) in [6.07, 6.45) is 5.06. The second-order valence-corrected chi connectivity index (χ2v) is 8.14. The maximum absolute atomic E-state index is 12.6. The van der Waals surface area contributed by atoms with Gasteiger partial charge in [0.25, 0.3) is 0 Å². The molecule has 3 amide bonds. The summed E-state index contributed by atoms with van der Waals surface area (Å²) >= 11 is 0. The normalized spacial score (nSPS) is 32.8. The maximum Gasteiger partial charge on any atom is 0.235 e. The van der Waals surface area contributed by atoms with Crippen molar-refractivity contribution < 1.29 is 19.1 Å². The molecule has 4 atom stereocenters. The lowest BCUT2D eigenvalue weighted by Gasteiger charge is -2.32. The van der Waals surface area contributed by atoms with Gasteiger partial charge in [0.1, 0.15) is 0 Å². The van der Waals surface area contributed by atoms with E-state index in [9.17, 15) is 14.4 Å². The quantitative estimate of drug-likeness (QED) is 0.668. The zero-order valence-corrected chi connectivity index (χ0v) is 16.7. The minimum Gasteiger partial charge on any atom is -0.373 e. The van der Waals surface area contributed by atoms with E-state index in [4.69, 9.17) is 4.74 Å². The van der Waals surface area contributed by atoms with Gasteiger partial charge >= 0.3 is 0 Å². The predicted molar refractivity (Wildman–Crippen MR) is 101 cm³/mol. The number of carbonyl (C=O) groups excluding carboxylic acids is 3.